The maximum atomic E-state index is 11.0. The molecule has 0 unspecified atom stereocenters. The topological polar surface area (TPSA) is 17.1 Å². The van der Waals surface area contributed by atoms with Gasteiger partial charge >= 0.3 is 83.5 Å². The van der Waals surface area contributed by atoms with Crippen LogP contribution < -0.4 is 21.2 Å². The summed E-state index contributed by atoms with van der Waals surface area (Å²) in [5.74, 6) is 0.312. The molecule has 0 aliphatic carbocycles. The third-order valence-corrected chi connectivity index (χ3v) is 4.83. The Labute approximate surface area is 83.4 Å². The minimum atomic E-state index is -0.126. The molecular weight excluding hydrogens is 263 g/mol. The second kappa shape index (κ2) is 4.60. The molecule has 2 heteroatoms. The summed E-state index contributed by atoms with van der Waals surface area (Å²) in [6, 6.07) is 10.3. The van der Waals surface area contributed by atoms with E-state index in [4.69, 9.17) is 0 Å². The Kier molecular flexibility index (Phi) is 3.72. The first kappa shape index (κ1) is 9.71. The summed E-state index contributed by atoms with van der Waals surface area (Å²) < 4.78 is 1.60. The van der Waals surface area contributed by atoms with Crippen molar-refractivity contribution in [3.05, 3.63) is 33.9 Å². The van der Waals surface area contributed by atoms with Gasteiger partial charge in [0.15, 0.2) is 0 Å². The summed E-state index contributed by atoms with van der Waals surface area (Å²) in [6.07, 6.45) is 0. The van der Waals surface area contributed by atoms with Gasteiger partial charge < -0.3 is 0 Å². The van der Waals surface area contributed by atoms with Gasteiger partial charge in [0.2, 0.25) is 0 Å². The summed E-state index contributed by atoms with van der Waals surface area (Å²) in [5, 5.41) is 0. The van der Waals surface area contributed by atoms with Crippen molar-refractivity contribution in [1.29, 1.82) is 0 Å². The molecule has 0 saturated carbocycles. The molecule has 0 N–H and O–H groups in total. The molecule has 66 valence electrons. The molecule has 1 rings (SSSR count). The quantitative estimate of drug-likeness (QED) is 0.507. The molecule has 0 fully saturated rings. The van der Waals surface area contributed by atoms with E-state index in [0.29, 0.717) is 5.78 Å². The third-order valence-electron chi connectivity index (χ3n) is 1.58. The summed E-state index contributed by atoms with van der Waals surface area (Å²) in [5.41, 5.74) is 0. The normalized spacial score (nSPS) is 12.8. The average molecular weight is 275 g/mol. The van der Waals surface area contributed by atoms with Crippen LogP contribution in [-0.2, 0) is 4.79 Å². The summed E-state index contributed by atoms with van der Waals surface area (Å²) in [4.78, 5) is 11.0. The van der Waals surface area contributed by atoms with E-state index in [1.807, 2.05) is 25.1 Å². The van der Waals surface area contributed by atoms with E-state index in [0.717, 1.165) is 0 Å². The fraction of sp³-hybridized carbons (Fsp3) is 0.300. The predicted octanol–water partition coefficient (Wildman–Crippen LogP) is -1.08. The number of benzene rings is 1. The van der Waals surface area contributed by atoms with Crippen molar-refractivity contribution >= 4 is 5.78 Å². The van der Waals surface area contributed by atoms with Crippen molar-refractivity contribution in [3.63, 3.8) is 0 Å². The van der Waals surface area contributed by atoms with Crippen molar-refractivity contribution in [2.75, 3.05) is 0 Å². The van der Waals surface area contributed by atoms with E-state index >= 15 is 0 Å². The fourth-order valence-corrected chi connectivity index (χ4v) is 3.10. The van der Waals surface area contributed by atoms with Crippen LogP contribution in [0.2, 0.25) is 0 Å². The molecule has 0 aromatic heterocycles. The summed E-state index contributed by atoms with van der Waals surface area (Å²) in [7, 11) is 0. The second-order valence-electron chi connectivity index (χ2n) is 2.63. The molecule has 0 bridgehead atoms. The van der Waals surface area contributed by atoms with Crippen LogP contribution in [0, 0.1) is 3.57 Å². The van der Waals surface area contributed by atoms with E-state index in [1.54, 1.807) is 6.92 Å². The monoisotopic (exact) mass is 275 g/mol. The first-order valence-electron chi connectivity index (χ1n) is 3.89. The van der Waals surface area contributed by atoms with Crippen molar-refractivity contribution in [2.24, 2.45) is 0 Å². The SMILES string of the molecule is CC(=O)[C@H](C)[I-]c1ccccc1. The zero-order valence-corrected chi connectivity index (χ0v) is 9.41. The molecule has 0 aliphatic rings. The van der Waals surface area contributed by atoms with Gasteiger partial charge in [-0.2, -0.15) is 0 Å². The molecule has 12 heavy (non-hydrogen) atoms. The number of alkyl halides is 1. The first-order valence-corrected chi connectivity index (χ1v) is 6.21. The first-order chi connectivity index (χ1) is 5.70. The van der Waals surface area contributed by atoms with Gasteiger partial charge in [-0.3, -0.25) is 0 Å². The van der Waals surface area contributed by atoms with Crippen LogP contribution in [0.3, 0.4) is 0 Å². The van der Waals surface area contributed by atoms with Gasteiger partial charge in [-0.05, 0) is 0 Å². The number of Topliss-reactive ketones (excluding diaryl/α,β-unsaturated/α-hetero) is 1. The standard InChI is InChI=1S/C10H12IO/c1-8(9(2)12)11-10-6-4-3-5-7-10/h3-8H,1-2H3/q-1/t8-/m0/s1. The van der Waals surface area contributed by atoms with Crippen molar-refractivity contribution in [1.82, 2.24) is 0 Å². The molecule has 0 aliphatic heterocycles. The molecule has 1 nitrogen and oxygen atoms in total. The molecule has 1 aromatic rings. The van der Waals surface area contributed by atoms with Crippen LogP contribution in [0.25, 0.3) is 0 Å². The molecule has 0 saturated heterocycles. The third kappa shape index (κ3) is 2.93. The van der Waals surface area contributed by atoms with Crippen molar-refractivity contribution in [2.45, 2.75) is 17.8 Å². The van der Waals surface area contributed by atoms with E-state index in [9.17, 15) is 4.79 Å². The van der Waals surface area contributed by atoms with Crippen molar-refractivity contribution < 1.29 is 26.0 Å². The zero-order valence-electron chi connectivity index (χ0n) is 7.25. The van der Waals surface area contributed by atoms with Gasteiger partial charge in [-0.15, -0.1) is 0 Å². The van der Waals surface area contributed by atoms with Gasteiger partial charge in [0, 0.05) is 0 Å². The minimum absolute atomic E-state index is 0.126. The van der Waals surface area contributed by atoms with Gasteiger partial charge in [-0.1, -0.05) is 0 Å². The Morgan fingerprint density at radius 1 is 1.33 bits per heavy atom. The summed E-state index contributed by atoms with van der Waals surface area (Å²) in [6.45, 7) is 3.69. The summed E-state index contributed by atoms with van der Waals surface area (Å²) >= 11 is -0.126. The molecule has 0 heterocycles. The Balaban J connectivity index is 2.58. The van der Waals surface area contributed by atoms with Gasteiger partial charge in [-0.25, -0.2) is 0 Å². The Morgan fingerprint density at radius 2 is 1.92 bits per heavy atom. The Bertz CT molecular complexity index is 256. The van der Waals surface area contributed by atoms with Crippen LogP contribution in [-0.4, -0.2) is 9.71 Å². The number of carbonyl (C=O) groups excluding carboxylic acids is 1. The van der Waals surface area contributed by atoms with E-state index in [-0.39, 0.29) is 25.1 Å². The maximum absolute atomic E-state index is 11.0. The molecule has 0 amide bonds. The van der Waals surface area contributed by atoms with Crippen LogP contribution in [0.1, 0.15) is 13.8 Å². The molecule has 0 radical (unpaired) electrons. The van der Waals surface area contributed by atoms with E-state index in [1.165, 1.54) is 3.57 Å². The van der Waals surface area contributed by atoms with E-state index in [2.05, 4.69) is 12.1 Å². The number of halogens is 1. The van der Waals surface area contributed by atoms with Crippen LogP contribution in [0.4, 0.5) is 0 Å². The number of ketones is 1. The fourth-order valence-electron chi connectivity index (χ4n) is 0.753. The molecule has 0 spiro atoms. The van der Waals surface area contributed by atoms with E-state index < -0.39 is 0 Å². The molecule has 1 aromatic carbocycles. The van der Waals surface area contributed by atoms with Gasteiger partial charge in [0.05, 0.1) is 0 Å². The van der Waals surface area contributed by atoms with Gasteiger partial charge in [0.25, 0.3) is 0 Å². The predicted molar refractivity (Wildman–Crippen MR) is 45.3 cm³/mol. The number of carbonyl (C=O) groups is 1. The van der Waals surface area contributed by atoms with Crippen LogP contribution in [0.5, 0.6) is 0 Å². The van der Waals surface area contributed by atoms with Crippen molar-refractivity contribution in [3.8, 4) is 0 Å². The zero-order chi connectivity index (χ0) is 8.97. The van der Waals surface area contributed by atoms with Crippen LogP contribution in [0.15, 0.2) is 30.3 Å². The second-order valence-corrected chi connectivity index (χ2v) is 6.37. The Morgan fingerprint density at radius 3 is 2.42 bits per heavy atom. The number of rotatable bonds is 3. The number of hydrogen-bond donors (Lipinski definition) is 0. The Hall–Kier alpha value is -0.380. The van der Waals surface area contributed by atoms with Gasteiger partial charge in [0.1, 0.15) is 0 Å². The average Bonchev–Trinajstić information content (AvgIpc) is 2.06. The molecule has 1 atom stereocenters. The van der Waals surface area contributed by atoms with Crippen LogP contribution >= 0.6 is 0 Å². The number of hydrogen-bond acceptors (Lipinski definition) is 1. The molecular formula is C10H12IO-.